The van der Waals surface area contributed by atoms with Crippen LogP contribution in [0.4, 0.5) is 11.5 Å². The Bertz CT molecular complexity index is 797. The van der Waals surface area contributed by atoms with Crippen LogP contribution in [0.15, 0.2) is 42.5 Å². The Labute approximate surface area is 164 Å². The molecule has 0 radical (unpaired) electrons. The maximum atomic E-state index is 12.6. The number of amides is 2. The van der Waals surface area contributed by atoms with Gasteiger partial charge in [0.15, 0.2) is 11.5 Å². The van der Waals surface area contributed by atoms with E-state index in [-0.39, 0.29) is 5.91 Å². The predicted molar refractivity (Wildman–Crippen MR) is 106 cm³/mol. The molecule has 0 saturated carbocycles. The van der Waals surface area contributed by atoms with Gasteiger partial charge in [0.2, 0.25) is 6.41 Å². The average molecular weight is 380 g/mol. The summed E-state index contributed by atoms with van der Waals surface area (Å²) in [5, 5.41) is 8.46. The summed E-state index contributed by atoms with van der Waals surface area (Å²) in [7, 11) is 0. The second kappa shape index (κ2) is 8.24. The second-order valence-corrected chi connectivity index (χ2v) is 7.02. The number of carbonyl (C=O) groups excluding carboxylic acids is 2. The lowest BCUT2D eigenvalue weighted by Gasteiger charge is -2.36. The van der Waals surface area contributed by atoms with Gasteiger partial charge in [0.25, 0.3) is 5.91 Å². The molecule has 0 atom stereocenters. The molecule has 2 aliphatic heterocycles. The number of carbonyl (C=O) groups is 2. The van der Waals surface area contributed by atoms with Gasteiger partial charge in [-0.05, 0) is 24.3 Å². The molecule has 1 aromatic carbocycles. The van der Waals surface area contributed by atoms with E-state index < -0.39 is 0 Å². The summed E-state index contributed by atoms with van der Waals surface area (Å²) in [5.41, 5.74) is 1.59. The van der Waals surface area contributed by atoms with Crippen LogP contribution in [0, 0.1) is 0 Å². The summed E-state index contributed by atoms with van der Waals surface area (Å²) in [6.45, 7) is 5.76. The zero-order chi connectivity index (χ0) is 19.3. The van der Waals surface area contributed by atoms with E-state index in [9.17, 15) is 9.59 Å². The Balaban J connectivity index is 1.34. The van der Waals surface area contributed by atoms with Crippen LogP contribution in [0.5, 0.6) is 0 Å². The molecule has 2 aromatic rings. The Kier molecular flexibility index (Phi) is 5.36. The van der Waals surface area contributed by atoms with Crippen molar-refractivity contribution in [3.05, 3.63) is 48.2 Å². The first-order valence-electron chi connectivity index (χ1n) is 9.62. The van der Waals surface area contributed by atoms with Crippen LogP contribution < -0.4 is 9.80 Å². The van der Waals surface area contributed by atoms with Crippen LogP contribution in [0.1, 0.15) is 10.5 Å². The molecule has 0 spiro atoms. The number of piperazine rings is 2. The van der Waals surface area contributed by atoms with Crippen molar-refractivity contribution in [1.29, 1.82) is 0 Å². The van der Waals surface area contributed by atoms with Crippen LogP contribution in [0.25, 0.3) is 0 Å². The molecule has 2 saturated heterocycles. The van der Waals surface area contributed by atoms with Gasteiger partial charge >= 0.3 is 0 Å². The van der Waals surface area contributed by atoms with Crippen molar-refractivity contribution in [3.8, 4) is 0 Å². The number of anilines is 2. The predicted octanol–water partition coefficient (Wildman–Crippen LogP) is 0.717. The standard InChI is InChI=1S/C20H24N6O2/c27-16-23-8-10-26(11-9-23)20(28)18-6-7-19(22-21-18)25-14-12-24(13-15-25)17-4-2-1-3-5-17/h1-7,16H,8-15H2. The maximum absolute atomic E-state index is 12.6. The van der Waals surface area contributed by atoms with E-state index in [1.165, 1.54) is 5.69 Å². The molecule has 0 bridgehead atoms. The summed E-state index contributed by atoms with van der Waals surface area (Å²) in [6, 6.07) is 14.0. The number of hydrogen-bond acceptors (Lipinski definition) is 6. The molecule has 8 nitrogen and oxygen atoms in total. The molecular weight excluding hydrogens is 356 g/mol. The molecule has 0 aliphatic carbocycles. The zero-order valence-corrected chi connectivity index (χ0v) is 15.8. The van der Waals surface area contributed by atoms with Crippen molar-refractivity contribution in [2.45, 2.75) is 0 Å². The summed E-state index contributed by atoms with van der Waals surface area (Å²) < 4.78 is 0. The van der Waals surface area contributed by atoms with E-state index >= 15 is 0 Å². The van der Waals surface area contributed by atoms with Crippen LogP contribution >= 0.6 is 0 Å². The Morgan fingerprint density at radius 3 is 2.07 bits per heavy atom. The van der Waals surface area contributed by atoms with Crippen molar-refractivity contribution in [2.24, 2.45) is 0 Å². The molecule has 2 amide bonds. The molecule has 1 aromatic heterocycles. The lowest BCUT2D eigenvalue weighted by atomic mass is 10.2. The fraction of sp³-hybridized carbons (Fsp3) is 0.400. The van der Waals surface area contributed by atoms with Crippen molar-refractivity contribution in [1.82, 2.24) is 20.0 Å². The molecule has 0 N–H and O–H groups in total. The topological polar surface area (TPSA) is 72.9 Å². The minimum absolute atomic E-state index is 0.126. The fourth-order valence-electron chi connectivity index (χ4n) is 3.63. The Morgan fingerprint density at radius 2 is 1.46 bits per heavy atom. The number of para-hydroxylation sites is 1. The van der Waals surface area contributed by atoms with Crippen molar-refractivity contribution in [3.63, 3.8) is 0 Å². The smallest absolute Gasteiger partial charge is 0.274 e. The average Bonchev–Trinajstić information content (AvgIpc) is 2.79. The van der Waals surface area contributed by atoms with E-state index in [1.807, 2.05) is 12.1 Å². The molecule has 4 rings (SSSR count). The van der Waals surface area contributed by atoms with Gasteiger partial charge in [0.05, 0.1) is 0 Å². The van der Waals surface area contributed by atoms with Gasteiger partial charge in [0.1, 0.15) is 0 Å². The molecule has 2 fully saturated rings. The van der Waals surface area contributed by atoms with Gasteiger partial charge in [0, 0.05) is 58.0 Å². The summed E-state index contributed by atoms with van der Waals surface area (Å²) in [6.07, 6.45) is 0.827. The second-order valence-electron chi connectivity index (χ2n) is 7.02. The van der Waals surface area contributed by atoms with Gasteiger partial charge in [-0.2, -0.15) is 0 Å². The summed E-state index contributed by atoms with van der Waals surface area (Å²) >= 11 is 0. The molecule has 146 valence electrons. The largest absolute Gasteiger partial charge is 0.368 e. The van der Waals surface area contributed by atoms with Crippen LogP contribution in [0.3, 0.4) is 0 Å². The van der Waals surface area contributed by atoms with Gasteiger partial charge in [-0.3, -0.25) is 9.59 Å². The van der Waals surface area contributed by atoms with Crippen molar-refractivity contribution in [2.75, 3.05) is 62.2 Å². The highest BCUT2D eigenvalue weighted by Crippen LogP contribution is 2.19. The molecular formula is C20H24N6O2. The lowest BCUT2D eigenvalue weighted by molar-refractivity contribution is -0.119. The highest BCUT2D eigenvalue weighted by atomic mass is 16.2. The first-order chi connectivity index (χ1) is 13.7. The molecule has 28 heavy (non-hydrogen) atoms. The van der Waals surface area contributed by atoms with E-state index in [2.05, 4.69) is 44.3 Å². The van der Waals surface area contributed by atoms with Crippen molar-refractivity contribution >= 4 is 23.8 Å². The minimum Gasteiger partial charge on any atom is -0.368 e. The lowest BCUT2D eigenvalue weighted by Crippen LogP contribution is -2.48. The number of nitrogens with zero attached hydrogens (tertiary/aromatic N) is 6. The third-order valence-electron chi connectivity index (χ3n) is 5.35. The highest BCUT2D eigenvalue weighted by Gasteiger charge is 2.23. The van der Waals surface area contributed by atoms with E-state index in [0.29, 0.717) is 31.9 Å². The van der Waals surface area contributed by atoms with Crippen LogP contribution in [-0.2, 0) is 4.79 Å². The Morgan fingerprint density at radius 1 is 0.786 bits per heavy atom. The zero-order valence-electron chi connectivity index (χ0n) is 15.8. The summed E-state index contributed by atoms with van der Waals surface area (Å²) in [4.78, 5) is 31.3. The van der Waals surface area contributed by atoms with Gasteiger partial charge < -0.3 is 19.6 Å². The van der Waals surface area contributed by atoms with Gasteiger partial charge in [-0.25, -0.2) is 0 Å². The van der Waals surface area contributed by atoms with Gasteiger partial charge in [-0.15, -0.1) is 10.2 Å². The Hall–Kier alpha value is -3.16. The highest BCUT2D eigenvalue weighted by molar-refractivity contribution is 5.92. The van der Waals surface area contributed by atoms with E-state index in [0.717, 1.165) is 38.4 Å². The van der Waals surface area contributed by atoms with Gasteiger partial charge in [-0.1, -0.05) is 18.2 Å². The molecule has 8 heteroatoms. The SMILES string of the molecule is O=CN1CCN(C(=O)c2ccc(N3CCN(c4ccccc4)CC3)nn2)CC1. The van der Waals surface area contributed by atoms with E-state index in [1.54, 1.807) is 15.9 Å². The normalized spacial score (nSPS) is 17.6. The van der Waals surface area contributed by atoms with Crippen LogP contribution in [-0.4, -0.2) is 84.7 Å². The summed E-state index contributed by atoms with van der Waals surface area (Å²) in [5.74, 6) is 0.675. The fourth-order valence-corrected chi connectivity index (χ4v) is 3.63. The minimum atomic E-state index is -0.126. The monoisotopic (exact) mass is 380 g/mol. The molecule has 3 heterocycles. The number of rotatable bonds is 4. The number of benzene rings is 1. The molecule has 0 unspecified atom stereocenters. The third kappa shape index (κ3) is 3.90. The molecule has 2 aliphatic rings. The first-order valence-corrected chi connectivity index (χ1v) is 9.62. The number of hydrogen-bond donors (Lipinski definition) is 0. The number of aromatic nitrogens is 2. The van der Waals surface area contributed by atoms with Crippen molar-refractivity contribution < 1.29 is 9.59 Å². The quantitative estimate of drug-likeness (QED) is 0.728. The maximum Gasteiger partial charge on any atom is 0.274 e. The first kappa shape index (κ1) is 18.2. The van der Waals surface area contributed by atoms with Crippen LogP contribution in [0.2, 0.25) is 0 Å². The van der Waals surface area contributed by atoms with E-state index in [4.69, 9.17) is 0 Å². The third-order valence-corrected chi connectivity index (χ3v) is 5.35.